The number of carboxylic acid groups (broad SMARTS) is 1. The van der Waals surface area contributed by atoms with Gasteiger partial charge in [-0.3, -0.25) is 9.59 Å². The zero-order valence-electron chi connectivity index (χ0n) is 19.3. The summed E-state index contributed by atoms with van der Waals surface area (Å²) in [5.41, 5.74) is 0.538. The van der Waals surface area contributed by atoms with Gasteiger partial charge in [-0.1, -0.05) is 69.8 Å². The number of ether oxygens (including phenoxy) is 1. The van der Waals surface area contributed by atoms with Gasteiger partial charge in [-0.25, -0.2) is 0 Å². The largest absolute Gasteiger partial charge is 0.497 e. The van der Waals surface area contributed by atoms with E-state index in [1.54, 1.807) is 31.4 Å². The van der Waals surface area contributed by atoms with Crippen LogP contribution >= 0.6 is 0 Å². The van der Waals surface area contributed by atoms with Crippen molar-refractivity contribution in [1.82, 2.24) is 5.32 Å². The van der Waals surface area contributed by atoms with Gasteiger partial charge in [0.25, 0.3) is 5.91 Å². The Kier molecular flexibility index (Phi) is 13.9. The Morgan fingerprint density at radius 1 is 1.06 bits per heavy atom. The molecular formula is C27H35NO4. The Morgan fingerprint density at radius 2 is 1.69 bits per heavy atom. The molecule has 0 heterocycles. The van der Waals surface area contributed by atoms with Gasteiger partial charge >= 0.3 is 5.97 Å². The molecule has 0 saturated carbocycles. The third-order valence-electron chi connectivity index (χ3n) is 5.00. The van der Waals surface area contributed by atoms with E-state index in [1.165, 1.54) is 38.2 Å². The monoisotopic (exact) mass is 437 g/mol. The number of hydrogen-bond acceptors (Lipinski definition) is 3. The molecule has 0 bridgehead atoms. The molecule has 0 radical (unpaired) electrons. The summed E-state index contributed by atoms with van der Waals surface area (Å²) in [4.78, 5) is 23.5. The molecule has 32 heavy (non-hydrogen) atoms. The fourth-order valence-electron chi connectivity index (χ4n) is 3.10. The fourth-order valence-corrected chi connectivity index (χ4v) is 3.10. The number of methoxy groups -OCH3 is 1. The SMILES string of the molecule is C=C[C@@H](C#CC#C[C@@H](CCCCCCCCC)NC(=O)c1ccc(OC)cc1)CC(=O)O. The van der Waals surface area contributed by atoms with E-state index >= 15 is 0 Å². The van der Waals surface area contributed by atoms with Gasteiger partial charge in [0.2, 0.25) is 0 Å². The lowest BCUT2D eigenvalue weighted by Crippen LogP contribution is -2.33. The zero-order chi connectivity index (χ0) is 23.6. The average molecular weight is 438 g/mol. The highest BCUT2D eigenvalue weighted by Gasteiger charge is 2.12. The molecule has 0 aliphatic heterocycles. The molecule has 0 aliphatic rings. The minimum absolute atomic E-state index is 0.103. The smallest absolute Gasteiger partial charge is 0.304 e. The van der Waals surface area contributed by atoms with Crippen LogP contribution in [0.2, 0.25) is 0 Å². The van der Waals surface area contributed by atoms with E-state index in [9.17, 15) is 9.59 Å². The first-order valence-corrected chi connectivity index (χ1v) is 11.3. The average Bonchev–Trinajstić information content (AvgIpc) is 2.79. The van der Waals surface area contributed by atoms with Crippen molar-refractivity contribution < 1.29 is 19.4 Å². The van der Waals surface area contributed by atoms with Crippen LogP contribution in [0.4, 0.5) is 0 Å². The second-order valence-electron chi connectivity index (χ2n) is 7.64. The molecule has 0 aliphatic carbocycles. The van der Waals surface area contributed by atoms with Crippen LogP contribution in [-0.2, 0) is 4.79 Å². The first-order valence-electron chi connectivity index (χ1n) is 11.3. The summed E-state index contributed by atoms with van der Waals surface area (Å²) >= 11 is 0. The Hall–Kier alpha value is -3.18. The predicted octanol–water partition coefficient (Wildman–Crippen LogP) is 5.22. The molecule has 1 aromatic rings. The van der Waals surface area contributed by atoms with Gasteiger partial charge in [-0.2, -0.15) is 0 Å². The standard InChI is InChI=1S/C27H35NO4/c1-4-6-7-8-9-10-11-15-24(16-13-12-14-22(5-2)21-26(29)30)28-27(31)23-17-19-25(32-3)20-18-23/h5,17-20,22,24H,2,4,6-11,15,21H2,1,3H3,(H,28,31)(H,29,30)/t22-,24+/m0/s1. The number of hydrogen-bond donors (Lipinski definition) is 2. The number of rotatable bonds is 14. The first kappa shape index (κ1) is 26.9. The second kappa shape index (κ2) is 16.5. The maximum atomic E-state index is 12.6. The maximum Gasteiger partial charge on any atom is 0.304 e. The van der Waals surface area contributed by atoms with Crippen LogP contribution < -0.4 is 10.1 Å². The summed E-state index contributed by atoms with van der Waals surface area (Å²) in [5.74, 6) is 10.4. The molecule has 5 heteroatoms. The lowest BCUT2D eigenvalue weighted by Gasteiger charge is -2.13. The molecule has 2 N–H and O–H groups in total. The lowest BCUT2D eigenvalue weighted by atomic mass is 10.0. The molecule has 5 nitrogen and oxygen atoms in total. The molecule has 0 aromatic heterocycles. The second-order valence-corrected chi connectivity index (χ2v) is 7.64. The highest BCUT2D eigenvalue weighted by Crippen LogP contribution is 2.13. The summed E-state index contributed by atoms with van der Waals surface area (Å²) in [6.45, 7) is 5.81. The van der Waals surface area contributed by atoms with Crippen molar-refractivity contribution in [3.63, 3.8) is 0 Å². The Balaban J connectivity index is 2.74. The normalized spacial score (nSPS) is 11.7. The number of carboxylic acids is 1. The van der Waals surface area contributed by atoms with Crippen LogP contribution in [0.5, 0.6) is 5.75 Å². The maximum absolute atomic E-state index is 12.6. The van der Waals surface area contributed by atoms with E-state index < -0.39 is 11.9 Å². The van der Waals surface area contributed by atoms with E-state index in [0.717, 1.165) is 19.3 Å². The van der Waals surface area contributed by atoms with Crippen molar-refractivity contribution in [2.75, 3.05) is 7.11 Å². The van der Waals surface area contributed by atoms with Crippen molar-refractivity contribution in [1.29, 1.82) is 0 Å². The van der Waals surface area contributed by atoms with Gasteiger partial charge in [-0.05, 0) is 42.5 Å². The van der Waals surface area contributed by atoms with Crippen LogP contribution in [0.25, 0.3) is 0 Å². The van der Waals surface area contributed by atoms with Gasteiger partial charge in [-0.15, -0.1) is 6.58 Å². The van der Waals surface area contributed by atoms with Gasteiger partial charge in [0.15, 0.2) is 0 Å². The number of allylic oxidation sites excluding steroid dienone is 1. The molecule has 0 unspecified atom stereocenters. The van der Waals surface area contributed by atoms with Crippen LogP contribution in [0.15, 0.2) is 36.9 Å². The van der Waals surface area contributed by atoms with E-state index in [-0.39, 0.29) is 18.4 Å². The predicted molar refractivity (Wildman–Crippen MR) is 128 cm³/mol. The van der Waals surface area contributed by atoms with Crippen LogP contribution in [0, 0.1) is 29.6 Å². The van der Waals surface area contributed by atoms with Gasteiger partial charge < -0.3 is 15.2 Å². The van der Waals surface area contributed by atoms with Gasteiger partial charge in [0.1, 0.15) is 5.75 Å². The molecule has 172 valence electrons. The highest BCUT2D eigenvalue weighted by molar-refractivity contribution is 5.94. The minimum Gasteiger partial charge on any atom is -0.497 e. The Bertz CT molecular complexity index is 836. The molecule has 2 atom stereocenters. The van der Waals surface area contributed by atoms with Crippen LogP contribution in [0.3, 0.4) is 0 Å². The summed E-state index contributed by atoms with van der Waals surface area (Å²) < 4.78 is 5.14. The summed E-state index contributed by atoms with van der Waals surface area (Å²) in [7, 11) is 1.58. The van der Waals surface area contributed by atoms with E-state index in [1.807, 2.05) is 0 Å². The molecule has 0 spiro atoms. The third kappa shape index (κ3) is 11.9. The minimum atomic E-state index is -0.930. The van der Waals surface area contributed by atoms with Gasteiger partial charge in [0.05, 0.1) is 19.6 Å². The molecule has 1 aromatic carbocycles. The number of aliphatic carboxylic acids is 1. The van der Waals surface area contributed by atoms with E-state index in [2.05, 4.69) is 42.5 Å². The molecule has 0 saturated heterocycles. The number of unbranched alkanes of at least 4 members (excludes halogenated alkanes) is 6. The van der Waals surface area contributed by atoms with Crippen molar-refractivity contribution in [2.24, 2.45) is 5.92 Å². The number of carbonyl (C=O) groups is 2. The lowest BCUT2D eigenvalue weighted by molar-refractivity contribution is -0.137. The highest BCUT2D eigenvalue weighted by atomic mass is 16.5. The van der Waals surface area contributed by atoms with Crippen LogP contribution in [0.1, 0.15) is 75.1 Å². The molecular weight excluding hydrogens is 402 g/mol. The number of carbonyl (C=O) groups excluding carboxylic acids is 1. The number of amides is 1. The molecule has 1 amide bonds. The van der Waals surface area contributed by atoms with Crippen molar-refractivity contribution in [3.05, 3.63) is 42.5 Å². The zero-order valence-corrected chi connectivity index (χ0v) is 19.3. The topological polar surface area (TPSA) is 75.6 Å². The number of benzene rings is 1. The fraction of sp³-hybridized carbons (Fsp3) is 0.481. The van der Waals surface area contributed by atoms with Gasteiger partial charge in [0, 0.05) is 11.5 Å². The van der Waals surface area contributed by atoms with Crippen LogP contribution in [-0.4, -0.2) is 30.1 Å². The Morgan fingerprint density at radius 3 is 2.28 bits per heavy atom. The van der Waals surface area contributed by atoms with E-state index in [4.69, 9.17) is 9.84 Å². The third-order valence-corrected chi connectivity index (χ3v) is 5.00. The van der Waals surface area contributed by atoms with E-state index in [0.29, 0.717) is 11.3 Å². The van der Waals surface area contributed by atoms with Crippen molar-refractivity contribution >= 4 is 11.9 Å². The summed E-state index contributed by atoms with van der Waals surface area (Å²) in [5, 5.41) is 11.9. The van der Waals surface area contributed by atoms with Crippen molar-refractivity contribution in [2.45, 2.75) is 70.8 Å². The van der Waals surface area contributed by atoms with Crippen molar-refractivity contribution in [3.8, 4) is 29.4 Å². The number of nitrogens with one attached hydrogen (secondary N) is 1. The summed E-state index contributed by atoms with van der Waals surface area (Å²) in [6.07, 6.45) is 10.4. The first-order chi connectivity index (χ1) is 15.5. The molecule has 0 fully saturated rings. The summed E-state index contributed by atoms with van der Waals surface area (Å²) in [6, 6.07) is 6.60. The quantitative estimate of drug-likeness (QED) is 0.238. The Labute approximate surface area is 192 Å². The molecule has 1 rings (SSSR count).